The fourth-order valence-electron chi connectivity index (χ4n) is 9.78. The second-order valence-corrected chi connectivity index (χ2v) is 20.4. The van der Waals surface area contributed by atoms with E-state index in [0.29, 0.717) is 62.1 Å². The smallest absolute Gasteiger partial charge is 0.124 e. The number of ether oxygens (including phenoxy) is 2. The molecule has 16 aromatic carbocycles. The summed E-state index contributed by atoms with van der Waals surface area (Å²) >= 11 is 0. The van der Waals surface area contributed by atoms with Gasteiger partial charge in [-0.2, -0.15) is 0 Å². The van der Waals surface area contributed by atoms with Crippen LogP contribution in [-0.2, 0) is 0 Å². The fourth-order valence-corrected chi connectivity index (χ4v) is 9.78. The van der Waals surface area contributed by atoms with E-state index < -0.39 is 139 Å². The highest BCUT2D eigenvalue weighted by Gasteiger charge is 2.10. The van der Waals surface area contributed by atoms with Gasteiger partial charge in [0.05, 0.1) is 62.2 Å². The molecule has 3 N–H and O–H groups in total. The Morgan fingerprint density at radius 2 is 0.570 bits per heavy atom. The summed E-state index contributed by atoms with van der Waals surface area (Å²) in [6.07, 6.45) is 0. The normalized spacial score (nSPS) is 16.2. The van der Waals surface area contributed by atoms with Crippen molar-refractivity contribution in [1.29, 1.82) is 0 Å². The minimum Gasteiger partial charge on any atom is -0.497 e. The number of fused-ring (bicyclic) bond motifs is 5. The molecular weight excluding hydrogens is 1130 g/mol. The fraction of sp³-hybridized carbons (Fsp3) is 0.0227. The molecule has 0 heterocycles. The van der Waals surface area contributed by atoms with Crippen LogP contribution in [0.3, 0.4) is 0 Å². The molecular formula is C88H67N3O2. The second-order valence-electron chi connectivity index (χ2n) is 20.4. The summed E-state index contributed by atoms with van der Waals surface area (Å²) in [7, 11) is 3.13. The minimum absolute atomic E-state index is 0.0197. The van der Waals surface area contributed by atoms with Gasteiger partial charge >= 0.3 is 0 Å². The van der Waals surface area contributed by atoms with Crippen molar-refractivity contribution < 1.29 is 57.5 Å². The first kappa shape index (κ1) is 31.0. The first-order valence-corrected chi connectivity index (χ1v) is 28.6. The Labute approximate surface area is 592 Å². The van der Waals surface area contributed by atoms with Crippen LogP contribution >= 0.6 is 0 Å². The molecule has 0 atom stereocenters. The molecule has 0 aromatic heterocycles. The molecule has 16 rings (SSSR count). The summed E-state index contributed by atoms with van der Waals surface area (Å²) in [6, 6.07) is 24.0. The van der Waals surface area contributed by atoms with Gasteiger partial charge in [-0.15, -0.1) is 0 Å². The maximum atomic E-state index is 8.83. The van der Waals surface area contributed by atoms with Gasteiger partial charge in [0.15, 0.2) is 0 Å². The van der Waals surface area contributed by atoms with E-state index in [1.54, 1.807) is 142 Å². The van der Waals surface area contributed by atoms with Gasteiger partial charge in [0.25, 0.3) is 0 Å². The average molecular weight is 1230 g/mol. The number of hydrogen-bond acceptors (Lipinski definition) is 5. The Hall–Kier alpha value is -12.2. The van der Waals surface area contributed by atoms with Crippen LogP contribution in [0.5, 0.6) is 11.5 Å². The van der Waals surface area contributed by atoms with Crippen molar-refractivity contribution >= 4 is 88.0 Å². The number of anilines is 6. The average Bonchev–Trinajstić information content (AvgIpc) is 0.748. The molecule has 5 heteroatoms. The summed E-state index contributed by atoms with van der Waals surface area (Å²) < 4.78 is 302. The zero-order valence-electron chi connectivity index (χ0n) is 84.1. The summed E-state index contributed by atoms with van der Waals surface area (Å²) in [5.74, 6) is 1.24. The maximum Gasteiger partial charge on any atom is 0.124 e. The highest BCUT2D eigenvalue weighted by molar-refractivity contribution is 5.97. The lowest BCUT2D eigenvalue weighted by atomic mass is 9.98. The van der Waals surface area contributed by atoms with Gasteiger partial charge in [0.1, 0.15) is 11.5 Å². The van der Waals surface area contributed by atoms with Crippen LogP contribution in [0.15, 0.2) is 351 Å². The Morgan fingerprint density at radius 1 is 0.237 bits per heavy atom. The number of hydrogen-bond donors (Lipinski definition) is 3. The van der Waals surface area contributed by atoms with Crippen LogP contribution in [0.2, 0.25) is 0 Å². The largest absolute Gasteiger partial charge is 0.497 e. The van der Waals surface area contributed by atoms with Gasteiger partial charge in [0, 0.05) is 52.3 Å². The van der Waals surface area contributed by atoms with Gasteiger partial charge in [-0.25, -0.2) is 0 Å². The minimum atomic E-state index is -0.543. The lowest BCUT2D eigenvalue weighted by molar-refractivity contribution is 0.395. The van der Waals surface area contributed by atoms with Crippen molar-refractivity contribution in [2.45, 2.75) is 0 Å². The lowest BCUT2D eigenvalue weighted by Gasteiger charge is -2.12. The van der Waals surface area contributed by atoms with Crippen LogP contribution in [0.4, 0.5) is 34.1 Å². The zero-order valence-corrected chi connectivity index (χ0v) is 49.1. The predicted molar refractivity (Wildman–Crippen MR) is 396 cm³/mol. The monoisotopic (exact) mass is 1230 g/mol. The van der Waals surface area contributed by atoms with Crippen molar-refractivity contribution in [3.05, 3.63) is 351 Å². The Bertz CT molecular complexity index is 7070. The van der Waals surface area contributed by atoms with E-state index in [1.807, 2.05) is 12.1 Å². The van der Waals surface area contributed by atoms with Crippen molar-refractivity contribution in [2.75, 3.05) is 30.2 Å². The summed E-state index contributed by atoms with van der Waals surface area (Å²) in [5, 5.41) is 8.39. The molecule has 0 saturated heterocycles. The van der Waals surface area contributed by atoms with Crippen LogP contribution in [0.1, 0.15) is 48.0 Å². The maximum absolute atomic E-state index is 8.83. The van der Waals surface area contributed by atoms with Crippen molar-refractivity contribution in [3.8, 4) is 67.1 Å². The second kappa shape index (κ2) is 27.3. The lowest BCUT2D eigenvalue weighted by Crippen LogP contribution is -1.93. The van der Waals surface area contributed by atoms with Crippen LogP contribution in [0, 0.1) is 0 Å². The first-order valence-electron chi connectivity index (χ1n) is 46.1. The van der Waals surface area contributed by atoms with Gasteiger partial charge < -0.3 is 25.4 Å². The van der Waals surface area contributed by atoms with Crippen molar-refractivity contribution in [1.82, 2.24) is 0 Å². The molecule has 93 heavy (non-hydrogen) atoms. The Morgan fingerprint density at radius 3 is 0.978 bits per heavy atom. The summed E-state index contributed by atoms with van der Waals surface area (Å²) in [5.41, 5.74) is 6.07. The Balaban J connectivity index is 0.000000158. The van der Waals surface area contributed by atoms with E-state index in [0.717, 1.165) is 11.4 Å². The van der Waals surface area contributed by atoms with E-state index >= 15 is 0 Å². The van der Waals surface area contributed by atoms with E-state index in [4.69, 9.17) is 57.5 Å². The third kappa shape index (κ3) is 13.8. The zero-order chi connectivity index (χ0) is 93.2. The van der Waals surface area contributed by atoms with Gasteiger partial charge in [-0.3, -0.25) is 0 Å². The van der Waals surface area contributed by atoms with E-state index in [2.05, 4.69) is 16.0 Å². The van der Waals surface area contributed by atoms with Crippen LogP contribution in [0.25, 0.3) is 109 Å². The van der Waals surface area contributed by atoms with Crippen molar-refractivity contribution in [2.24, 2.45) is 0 Å². The molecule has 0 saturated carbocycles. The molecule has 446 valence electrons. The molecule has 5 nitrogen and oxygen atoms in total. The standard InChI is InChI=1S/2C32H23N.C24H21NO2/c1-3-9-25-19-29(17-15-23(25)7-1)27-11-5-13-31(21-27)33-32-14-6-12-28(22-32)30-18-16-24-8-2-4-10-26(24)20-30;1-3-7-27-21-29(11-9-23(27)5-1)25-13-17-31(18-14-25)33-32-19-15-26(16-20-32)30-12-10-24-6-2-4-8-28(24)22-30;1-26-21-14-20(15-22(16-21)27-2)25-19-12-10-18(11-13-19)24-9-5-7-17-6-3-4-8-23(17)24/h2*1-22,33H;3-16,25H,1-2H3/i1D,2D,3D,4D,7D,8D,9D,10D,15D,16D,17D,18D,19D,20D;1D,2D,3D,4D,5D,6D,7D,8D,9D,10D,11D,12D,21D,22D;3D,4D,5D,6D,7D,8D,9D. The molecule has 0 spiro atoms. The molecule has 16 aromatic rings. The SMILES string of the molecule is [2H]c1c([2H])c([2H])c2c(-c3ccc(Nc4cc(OC)cc(OC)c4)cc3)c([2H])c([2H])c([2H])c2c1[2H].[2H]c1c([2H])c([2H])c2c([2H])c(-c3ccc(Nc4ccc(-c5c([2H])c([2H])c6c([2H])c([2H])c([2H])c([2H])c6c5[2H])cc4)cc3)c([2H])c([2H])c2c1[2H].[2H]c1c([2H])c([2H])c2c([2H])c(-c3cccc(Nc4cccc(-c5c([2H])c([2H])c6c([2H])c([2H])c([2H])c([2H])c6c5[2H])c4)c3)c([2H])c([2H])c2c1[2H]. The molecule has 0 unspecified atom stereocenters. The molecule has 0 bridgehead atoms. The van der Waals surface area contributed by atoms with Crippen LogP contribution in [-0.4, -0.2) is 14.2 Å². The third-order valence-electron chi connectivity index (χ3n) is 14.4. The van der Waals surface area contributed by atoms with Crippen LogP contribution < -0.4 is 25.4 Å². The number of benzene rings is 16. The van der Waals surface area contributed by atoms with E-state index in [-0.39, 0.29) is 154 Å². The predicted octanol–water partition coefficient (Wildman–Crippen LogP) is 24.4. The first-order chi connectivity index (χ1) is 60.5. The molecule has 0 aliphatic rings. The summed E-state index contributed by atoms with van der Waals surface area (Å²) in [6.45, 7) is 0. The van der Waals surface area contributed by atoms with E-state index in [1.165, 1.54) is 0 Å². The number of methoxy groups -OCH3 is 2. The molecule has 0 radical (unpaired) electrons. The quantitative estimate of drug-likeness (QED) is 0.107. The highest BCUT2D eigenvalue weighted by Crippen LogP contribution is 2.35. The van der Waals surface area contributed by atoms with Gasteiger partial charge in [-0.1, -0.05) is 248 Å². The highest BCUT2D eigenvalue weighted by atomic mass is 16.5. The number of rotatable bonds is 13. The molecule has 0 fully saturated rings. The third-order valence-corrected chi connectivity index (χ3v) is 14.4. The van der Waals surface area contributed by atoms with Crippen molar-refractivity contribution in [3.63, 3.8) is 0 Å². The number of nitrogens with one attached hydrogen (secondary N) is 3. The Kier molecular flexibility index (Phi) is 9.10. The molecule has 0 aliphatic heterocycles. The van der Waals surface area contributed by atoms with Gasteiger partial charge in [0.2, 0.25) is 0 Å². The van der Waals surface area contributed by atoms with E-state index in [9.17, 15) is 0 Å². The topological polar surface area (TPSA) is 54.5 Å². The summed E-state index contributed by atoms with van der Waals surface area (Å²) in [4.78, 5) is 0. The molecule has 0 aliphatic carbocycles. The van der Waals surface area contributed by atoms with Gasteiger partial charge in [-0.05, 0) is 194 Å². The molecule has 0 amide bonds.